The Labute approximate surface area is 167 Å². The predicted molar refractivity (Wildman–Crippen MR) is 106 cm³/mol. The summed E-state index contributed by atoms with van der Waals surface area (Å²) in [5, 5.41) is 2.43. The molecule has 0 spiro atoms. The molecule has 0 fully saturated rings. The molecule has 6 heteroatoms. The molecule has 0 aliphatic rings. The predicted octanol–water partition coefficient (Wildman–Crippen LogP) is 4.16. The lowest BCUT2D eigenvalue weighted by molar-refractivity contribution is -0.119. The van der Waals surface area contributed by atoms with Gasteiger partial charge in [-0.1, -0.05) is 54.1 Å². The van der Waals surface area contributed by atoms with E-state index in [1.807, 2.05) is 19.1 Å². The van der Waals surface area contributed by atoms with Gasteiger partial charge in [0.1, 0.15) is 5.82 Å². The summed E-state index contributed by atoms with van der Waals surface area (Å²) in [6, 6.07) is 18.6. The van der Waals surface area contributed by atoms with Crippen LogP contribution in [-0.4, -0.2) is 24.3 Å². The third kappa shape index (κ3) is 5.13. The third-order valence-electron chi connectivity index (χ3n) is 4.15. The van der Waals surface area contributed by atoms with Crippen LogP contribution in [0.3, 0.4) is 0 Å². The number of ketones is 1. The van der Waals surface area contributed by atoms with E-state index >= 15 is 0 Å². The molecular formula is C23H18FNO4. The van der Waals surface area contributed by atoms with Gasteiger partial charge in [-0.3, -0.25) is 9.59 Å². The summed E-state index contributed by atoms with van der Waals surface area (Å²) in [4.78, 5) is 37.2. The van der Waals surface area contributed by atoms with Gasteiger partial charge in [0.05, 0.1) is 5.56 Å². The Bertz CT molecular complexity index is 1060. The van der Waals surface area contributed by atoms with E-state index in [0.29, 0.717) is 5.56 Å². The van der Waals surface area contributed by atoms with E-state index in [9.17, 15) is 18.8 Å². The third-order valence-corrected chi connectivity index (χ3v) is 4.15. The first-order chi connectivity index (χ1) is 13.9. The number of rotatable bonds is 6. The van der Waals surface area contributed by atoms with Gasteiger partial charge in [0.2, 0.25) is 0 Å². The van der Waals surface area contributed by atoms with Crippen LogP contribution in [0.1, 0.15) is 31.8 Å². The average molecular weight is 391 g/mol. The van der Waals surface area contributed by atoms with Crippen LogP contribution in [0.4, 0.5) is 10.1 Å². The Balaban J connectivity index is 1.69. The van der Waals surface area contributed by atoms with Crippen molar-refractivity contribution >= 4 is 23.3 Å². The van der Waals surface area contributed by atoms with E-state index in [1.54, 1.807) is 24.3 Å². The van der Waals surface area contributed by atoms with Crippen LogP contribution in [0.2, 0.25) is 0 Å². The van der Waals surface area contributed by atoms with E-state index in [1.165, 1.54) is 30.3 Å². The summed E-state index contributed by atoms with van der Waals surface area (Å²) in [5.41, 5.74) is 1.96. The highest BCUT2D eigenvalue weighted by atomic mass is 19.1. The van der Waals surface area contributed by atoms with Gasteiger partial charge >= 0.3 is 5.97 Å². The number of nitrogens with one attached hydrogen (secondary N) is 1. The molecule has 3 rings (SSSR count). The van der Waals surface area contributed by atoms with Crippen LogP contribution in [0, 0.1) is 12.7 Å². The number of hydrogen-bond acceptors (Lipinski definition) is 4. The maximum Gasteiger partial charge on any atom is 0.339 e. The van der Waals surface area contributed by atoms with Crippen LogP contribution in [0.5, 0.6) is 0 Å². The molecule has 5 nitrogen and oxygen atoms in total. The minimum absolute atomic E-state index is 0.0663. The van der Waals surface area contributed by atoms with Crippen molar-refractivity contribution in [3.63, 3.8) is 0 Å². The second-order valence-corrected chi connectivity index (χ2v) is 6.38. The maximum atomic E-state index is 13.2. The normalized spacial score (nSPS) is 10.3. The van der Waals surface area contributed by atoms with Gasteiger partial charge in [-0.2, -0.15) is 0 Å². The smallest absolute Gasteiger partial charge is 0.339 e. The SMILES string of the molecule is Cc1ccc(C(=O)c2ccccc2C(=O)OCC(=O)Nc2cccc(F)c2)cc1. The number of ether oxygens (including phenoxy) is 1. The van der Waals surface area contributed by atoms with Gasteiger partial charge in [-0.15, -0.1) is 0 Å². The molecule has 0 aliphatic heterocycles. The monoisotopic (exact) mass is 391 g/mol. The molecule has 1 N–H and O–H groups in total. The number of amides is 1. The zero-order valence-electron chi connectivity index (χ0n) is 15.6. The number of anilines is 1. The summed E-state index contributed by atoms with van der Waals surface area (Å²) >= 11 is 0. The van der Waals surface area contributed by atoms with E-state index in [2.05, 4.69) is 5.32 Å². The minimum Gasteiger partial charge on any atom is -0.452 e. The van der Waals surface area contributed by atoms with Gasteiger partial charge in [0, 0.05) is 16.8 Å². The van der Waals surface area contributed by atoms with Crippen LogP contribution < -0.4 is 5.32 Å². The highest BCUT2D eigenvalue weighted by Gasteiger charge is 2.20. The fourth-order valence-corrected chi connectivity index (χ4v) is 2.69. The second kappa shape index (κ2) is 8.93. The van der Waals surface area contributed by atoms with E-state index in [-0.39, 0.29) is 22.6 Å². The number of carbonyl (C=O) groups excluding carboxylic acids is 3. The summed E-state index contributed by atoms with van der Waals surface area (Å²) < 4.78 is 18.2. The van der Waals surface area contributed by atoms with Crippen LogP contribution >= 0.6 is 0 Å². The molecule has 1 amide bonds. The Morgan fingerprint density at radius 1 is 0.897 bits per heavy atom. The molecule has 0 atom stereocenters. The van der Waals surface area contributed by atoms with Crippen molar-refractivity contribution < 1.29 is 23.5 Å². The standard InChI is InChI=1S/C23H18FNO4/c1-15-9-11-16(12-10-15)22(27)19-7-2-3-8-20(19)23(28)29-14-21(26)25-18-6-4-5-17(24)13-18/h2-13H,14H2,1H3,(H,25,26). The molecule has 29 heavy (non-hydrogen) atoms. The van der Waals surface area contributed by atoms with E-state index in [4.69, 9.17) is 4.74 Å². The van der Waals surface area contributed by atoms with Gasteiger partial charge in [0.15, 0.2) is 12.4 Å². The lowest BCUT2D eigenvalue weighted by Gasteiger charge is -2.10. The molecule has 0 radical (unpaired) electrons. The zero-order valence-corrected chi connectivity index (χ0v) is 15.6. The molecule has 146 valence electrons. The molecule has 0 heterocycles. The van der Waals surface area contributed by atoms with Crippen molar-refractivity contribution in [2.24, 2.45) is 0 Å². The fraction of sp³-hybridized carbons (Fsp3) is 0.0870. The quantitative estimate of drug-likeness (QED) is 0.506. The lowest BCUT2D eigenvalue weighted by Crippen LogP contribution is -2.22. The first kappa shape index (κ1) is 19.9. The molecular weight excluding hydrogens is 373 g/mol. The number of halogens is 1. The second-order valence-electron chi connectivity index (χ2n) is 6.38. The fourth-order valence-electron chi connectivity index (χ4n) is 2.69. The van der Waals surface area contributed by atoms with Crippen molar-refractivity contribution in [1.82, 2.24) is 0 Å². The highest BCUT2D eigenvalue weighted by Crippen LogP contribution is 2.17. The van der Waals surface area contributed by atoms with Crippen molar-refractivity contribution in [3.8, 4) is 0 Å². The van der Waals surface area contributed by atoms with Gasteiger partial charge in [0.25, 0.3) is 5.91 Å². The minimum atomic E-state index is -0.796. The molecule has 0 aromatic heterocycles. The van der Waals surface area contributed by atoms with E-state index < -0.39 is 24.3 Å². The number of aryl methyl sites for hydroxylation is 1. The summed E-state index contributed by atoms with van der Waals surface area (Å²) in [5.74, 6) is -2.23. The zero-order chi connectivity index (χ0) is 20.8. The molecule has 0 saturated carbocycles. The number of hydrogen-bond donors (Lipinski definition) is 1. The highest BCUT2D eigenvalue weighted by molar-refractivity contribution is 6.14. The molecule has 3 aromatic carbocycles. The largest absolute Gasteiger partial charge is 0.452 e. The lowest BCUT2D eigenvalue weighted by atomic mass is 9.98. The first-order valence-corrected chi connectivity index (χ1v) is 8.87. The number of benzene rings is 3. The topological polar surface area (TPSA) is 72.5 Å². The Kier molecular flexibility index (Phi) is 6.14. The summed E-state index contributed by atoms with van der Waals surface area (Å²) in [6.07, 6.45) is 0. The summed E-state index contributed by atoms with van der Waals surface area (Å²) in [6.45, 7) is 1.34. The Hall–Kier alpha value is -3.80. The van der Waals surface area contributed by atoms with Crippen LogP contribution in [0.15, 0.2) is 72.8 Å². The molecule has 0 unspecified atom stereocenters. The Morgan fingerprint density at radius 3 is 2.28 bits per heavy atom. The van der Waals surface area contributed by atoms with Crippen molar-refractivity contribution in [2.75, 3.05) is 11.9 Å². The molecule has 0 saturated heterocycles. The molecule has 0 aliphatic carbocycles. The van der Waals surface area contributed by atoms with Crippen molar-refractivity contribution in [2.45, 2.75) is 6.92 Å². The van der Waals surface area contributed by atoms with Crippen LogP contribution in [0.25, 0.3) is 0 Å². The maximum absolute atomic E-state index is 13.2. The summed E-state index contributed by atoms with van der Waals surface area (Å²) in [7, 11) is 0. The molecule has 0 bridgehead atoms. The van der Waals surface area contributed by atoms with Crippen LogP contribution in [-0.2, 0) is 9.53 Å². The Morgan fingerprint density at radius 2 is 1.59 bits per heavy atom. The van der Waals surface area contributed by atoms with E-state index in [0.717, 1.165) is 11.6 Å². The number of esters is 1. The average Bonchev–Trinajstić information content (AvgIpc) is 2.72. The van der Waals surface area contributed by atoms with Gasteiger partial charge in [-0.25, -0.2) is 9.18 Å². The number of carbonyl (C=O) groups is 3. The van der Waals surface area contributed by atoms with Crippen molar-refractivity contribution in [3.05, 3.63) is 101 Å². The van der Waals surface area contributed by atoms with Crippen molar-refractivity contribution in [1.29, 1.82) is 0 Å². The first-order valence-electron chi connectivity index (χ1n) is 8.87. The molecule has 3 aromatic rings. The van der Waals surface area contributed by atoms with Gasteiger partial charge < -0.3 is 10.1 Å². The van der Waals surface area contributed by atoms with Gasteiger partial charge in [-0.05, 0) is 31.2 Å².